The summed E-state index contributed by atoms with van der Waals surface area (Å²) in [5, 5.41) is 6.22. The number of aromatic nitrogens is 4. The maximum atomic E-state index is 12.4. The molecule has 1 N–H and O–H groups in total. The van der Waals surface area contributed by atoms with Gasteiger partial charge < -0.3 is 10.2 Å². The summed E-state index contributed by atoms with van der Waals surface area (Å²) in [5.41, 5.74) is 1.63. The number of nitrogens with one attached hydrogen (secondary N) is 1. The first-order chi connectivity index (χ1) is 13.9. The van der Waals surface area contributed by atoms with Gasteiger partial charge in [0.15, 0.2) is 0 Å². The summed E-state index contributed by atoms with van der Waals surface area (Å²) in [4.78, 5) is 22.9. The first kappa shape index (κ1) is 19.2. The number of nitrogens with zero attached hydrogens (tertiary/aromatic N) is 5. The molecular formula is C19H19F3N6O. The van der Waals surface area contributed by atoms with Gasteiger partial charge in [-0.05, 0) is 12.8 Å². The number of halogens is 3. The molecule has 1 unspecified atom stereocenters. The number of carbonyl (C=O) groups excluding carboxylic acids is 1. The summed E-state index contributed by atoms with van der Waals surface area (Å²) in [7, 11) is 0. The van der Waals surface area contributed by atoms with Gasteiger partial charge in [-0.2, -0.15) is 27.8 Å². The zero-order valence-electron chi connectivity index (χ0n) is 15.4. The second-order valence-corrected chi connectivity index (χ2v) is 6.96. The van der Waals surface area contributed by atoms with E-state index in [9.17, 15) is 18.0 Å². The van der Waals surface area contributed by atoms with Crippen LogP contribution in [-0.2, 0) is 4.79 Å². The normalized spacial score (nSPS) is 17.5. The van der Waals surface area contributed by atoms with Crippen LogP contribution in [0.25, 0.3) is 17.0 Å². The minimum atomic E-state index is -4.42. The van der Waals surface area contributed by atoms with E-state index in [2.05, 4.69) is 15.1 Å². The molecule has 29 heavy (non-hydrogen) atoms. The molecule has 0 spiro atoms. The van der Waals surface area contributed by atoms with E-state index in [1.54, 1.807) is 4.52 Å². The van der Waals surface area contributed by atoms with Crippen molar-refractivity contribution in [2.24, 2.45) is 5.92 Å². The number of fused-ring (bicyclic) bond motifs is 1. The Labute approximate surface area is 164 Å². The minimum Gasteiger partial charge on any atom is -0.356 e. The van der Waals surface area contributed by atoms with Gasteiger partial charge in [-0.1, -0.05) is 30.3 Å². The van der Waals surface area contributed by atoms with Crippen molar-refractivity contribution in [1.29, 1.82) is 0 Å². The number of alkyl halides is 3. The van der Waals surface area contributed by atoms with Crippen LogP contribution in [0.15, 0.2) is 42.7 Å². The third-order valence-electron chi connectivity index (χ3n) is 4.88. The lowest BCUT2D eigenvalue weighted by Gasteiger charge is -2.33. The Morgan fingerprint density at radius 2 is 2.03 bits per heavy atom. The Kier molecular flexibility index (Phi) is 5.08. The molecule has 0 saturated carbocycles. The van der Waals surface area contributed by atoms with E-state index in [4.69, 9.17) is 0 Å². The van der Waals surface area contributed by atoms with Crippen LogP contribution in [0, 0.1) is 5.92 Å². The van der Waals surface area contributed by atoms with Crippen molar-refractivity contribution in [1.82, 2.24) is 24.9 Å². The Balaban J connectivity index is 1.60. The smallest absolute Gasteiger partial charge is 0.356 e. The van der Waals surface area contributed by atoms with E-state index in [1.165, 1.54) is 6.33 Å². The van der Waals surface area contributed by atoms with Crippen molar-refractivity contribution in [2.75, 3.05) is 24.5 Å². The van der Waals surface area contributed by atoms with Gasteiger partial charge in [0, 0.05) is 24.7 Å². The van der Waals surface area contributed by atoms with E-state index < -0.39 is 24.5 Å². The van der Waals surface area contributed by atoms with Gasteiger partial charge in [-0.3, -0.25) is 4.79 Å². The van der Waals surface area contributed by atoms with Crippen LogP contribution < -0.4 is 10.2 Å². The summed E-state index contributed by atoms with van der Waals surface area (Å²) in [6.07, 6.45) is -1.80. The third-order valence-corrected chi connectivity index (χ3v) is 4.88. The van der Waals surface area contributed by atoms with Crippen molar-refractivity contribution in [3.05, 3.63) is 42.7 Å². The molecule has 4 rings (SSSR count). The zero-order chi connectivity index (χ0) is 20.4. The second-order valence-electron chi connectivity index (χ2n) is 6.96. The van der Waals surface area contributed by atoms with Crippen LogP contribution in [0.1, 0.15) is 12.8 Å². The van der Waals surface area contributed by atoms with E-state index in [1.807, 2.05) is 46.6 Å². The Morgan fingerprint density at radius 1 is 1.24 bits per heavy atom. The van der Waals surface area contributed by atoms with Crippen molar-refractivity contribution < 1.29 is 18.0 Å². The van der Waals surface area contributed by atoms with Crippen LogP contribution in [0.2, 0.25) is 0 Å². The molecule has 7 nitrogen and oxygen atoms in total. The van der Waals surface area contributed by atoms with E-state index in [-0.39, 0.29) is 0 Å². The molecule has 1 aromatic carbocycles. The standard InChI is InChI=1S/C19H19F3N6O/c20-19(21,22)11-23-17(29)14-7-4-8-27(10-14)16-9-15(13-5-2-1-3-6-13)26-18-24-12-25-28(16)18/h1-3,5-6,9,12,14H,4,7-8,10-11H2,(H,23,29). The third kappa shape index (κ3) is 4.30. The fraction of sp³-hybridized carbons (Fsp3) is 0.368. The highest BCUT2D eigenvalue weighted by molar-refractivity contribution is 5.79. The highest BCUT2D eigenvalue weighted by atomic mass is 19.4. The number of carbonyl (C=O) groups is 1. The monoisotopic (exact) mass is 404 g/mol. The van der Waals surface area contributed by atoms with Gasteiger partial charge in [0.05, 0.1) is 11.6 Å². The molecule has 1 amide bonds. The molecule has 0 bridgehead atoms. The molecule has 3 aromatic rings. The summed E-state index contributed by atoms with van der Waals surface area (Å²) in [6, 6.07) is 11.5. The molecule has 3 heterocycles. The first-order valence-electron chi connectivity index (χ1n) is 9.26. The number of anilines is 1. The maximum Gasteiger partial charge on any atom is 0.405 e. The average Bonchev–Trinajstić information content (AvgIpc) is 3.20. The summed E-state index contributed by atoms with van der Waals surface area (Å²) in [5.74, 6) is 0.0156. The van der Waals surface area contributed by atoms with Gasteiger partial charge >= 0.3 is 6.18 Å². The van der Waals surface area contributed by atoms with Gasteiger partial charge in [0.2, 0.25) is 5.91 Å². The highest BCUT2D eigenvalue weighted by Crippen LogP contribution is 2.27. The average molecular weight is 404 g/mol. The van der Waals surface area contributed by atoms with Crippen LogP contribution in [0.4, 0.5) is 19.0 Å². The minimum absolute atomic E-state index is 0.302. The zero-order valence-corrected chi connectivity index (χ0v) is 15.4. The summed E-state index contributed by atoms with van der Waals surface area (Å²) in [6.45, 7) is -0.351. The van der Waals surface area contributed by atoms with Gasteiger partial charge in [-0.15, -0.1) is 0 Å². The van der Waals surface area contributed by atoms with Gasteiger partial charge in [0.25, 0.3) is 5.78 Å². The fourth-order valence-electron chi connectivity index (χ4n) is 3.51. The van der Waals surface area contributed by atoms with Gasteiger partial charge in [0.1, 0.15) is 18.7 Å². The van der Waals surface area contributed by atoms with Crippen LogP contribution in [0.3, 0.4) is 0 Å². The molecule has 1 fully saturated rings. The van der Waals surface area contributed by atoms with Crippen molar-refractivity contribution >= 4 is 17.5 Å². The predicted octanol–water partition coefficient (Wildman–Crippen LogP) is 2.69. The van der Waals surface area contributed by atoms with E-state index in [0.717, 1.165) is 5.56 Å². The summed E-state index contributed by atoms with van der Waals surface area (Å²) >= 11 is 0. The number of piperidine rings is 1. The van der Waals surface area contributed by atoms with Crippen molar-refractivity contribution in [2.45, 2.75) is 19.0 Å². The Bertz CT molecular complexity index is 1000. The molecule has 1 aliphatic heterocycles. The van der Waals surface area contributed by atoms with E-state index >= 15 is 0 Å². The lowest BCUT2D eigenvalue weighted by molar-refractivity contribution is -0.140. The lowest BCUT2D eigenvalue weighted by atomic mass is 9.97. The number of hydrogen-bond donors (Lipinski definition) is 1. The highest BCUT2D eigenvalue weighted by Gasteiger charge is 2.32. The topological polar surface area (TPSA) is 75.4 Å². The predicted molar refractivity (Wildman–Crippen MR) is 100 cm³/mol. The molecule has 1 aliphatic rings. The largest absolute Gasteiger partial charge is 0.405 e. The first-order valence-corrected chi connectivity index (χ1v) is 9.26. The van der Waals surface area contributed by atoms with E-state index in [0.29, 0.717) is 43.2 Å². The maximum absolute atomic E-state index is 12.4. The molecule has 1 atom stereocenters. The SMILES string of the molecule is O=C(NCC(F)(F)F)C1CCCN(c2cc(-c3ccccc3)nc3ncnn23)C1. The van der Waals surface area contributed by atoms with Crippen LogP contribution in [0.5, 0.6) is 0 Å². The van der Waals surface area contributed by atoms with Gasteiger partial charge in [-0.25, -0.2) is 4.98 Å². The van der Waals surface area contributed by atoms with Crippen molar-refractivity contribution in [3.8, 4) is 11.3 Å². The quantitative estimate of drug-likeness (QED) is 0.724. The number of hydrogen-bond acceptors (Lipinski definition) is 5. The molecule has 1 saturated heterocycles. The number of benzene rings is 1. The Hall–Kier alpha value is -3.17. The van der Waals surface area contributed by atoms with Crippen LogP contribution >= 0.6 is 0 Å². The van der Waals surface area contributed by atoms with Crippen molar-refractivity contribution in [3.63, 3.8) is 0 Å². The molecule has 152 valence electrons. The number of amides is 1. The summed E-state index contributed by atoms with van der Waals surface area (Å²) < 4.78 is 38.8. The molecule has 0 radical (unpaired) electrons. The molecule has 10 heteroatoms. The molecular weight excluding hydrogens is 385 g/mol. The molecule has 0 aliphatic carbocycles. The van der Waals surface area contributed by atoms with Crippen LogP contribution in [-0.4, -0.2) is 51.3 Å². The fourth-order valence-corrected chi connectivity index (χ4v) is 3.51. The molecule has 2 aromatic heterocycles. The lowest BCUT2D eigenvalue weighted by Crippen LogP contribution is -2.45. The second kappa shape index (κ2) is 7.69. The Morgan fingerprint density at radius 3 is 2.79 bits per heavy atom. The number of rotatable bonds is 4.